The SMILES string of the molecule is C/C=C(\C=N/C)c1ccc2c(c1)c(C(N)=O)nn2CC(=O)N1C[C@H](F)C[C@H]1C(=O)NCc1ccccn1. The average Bonchev–Trinajstić information content (AvgIpc) is 3.47. The maximum Gasteiger partial charge on any atom is 0.269 e. The number of aliphatic imine (C=N–C) groups is 1. The Labute approximate surface area is 213 Å². The van der Waals surface area contributed by atoms with Crippen molar-refractivity contribution in [3.63, 3.8) is 0 Å². The van der Waals surface area contributed by atoms with E-state index in [-0.39, 0.29) is 31.7 Å². The molecule has 0 saturated carbocycles. The van der Waals surface area contributed by atoms with Crippen molar-refractivity contribution < 1.29 is 18.8 Å². The third-order valence-corrected chi connectivity index (χ3v) is 6.22. The number of allylic oxidation sites excluding steroid dienone is 2. The van der Waals surface area contributed by atoms with E-state index >= 15 is 0 Å². The van der Waals surface area contributed by atoms with Gasteiger partial charge in [0, 0.05) is 31.3 Å². The number of amides is 3. The summed E-state index contributed by atoms with van der Waals surface area (Å²) in [7, 11) is 1.66. The van der Waals surface area contributed by atoms with Crippen molar-refractivity contribution in [2.45, 2.75) is 38.6 Å². The molecule has 1 saturated heterocycles. The number of benzene rings is 1. The summed E-state index contributed by atoms with van der Waals surface area (Å²) in [5.41, 5.74) is 8.39. The fraction of sp³-hybridized carbons (Fsp3) is 0.308. The van der Waals surface area contributed by atoms with Crippen molar-refractivity contribution in [2.75, 3.05) is 13.6 Å². The minimum atomic E-state index is -1.33. The molecule has 3 N–H and O–H groups in total. The van der Waals surface area contributed by atoms with Gasteiger partial charge in [0.1, 0.15) is 18.8 Å². The number of nitrogens with two attached hydrogens (primary N) is 1. The van der Waals surface area contributed by atoms with E-state index in [1.165, 1.54) is 9.58 Å². The lowest BCUT2D eigenvalue weighted by atomic mass is 10.0. The van der Waals surface area contributed by atoms with Gasteiger partial charge in [0.2, 0.25) is 11.8 Å². The molecule has 2 aromatic heterocycles. The number of carbonyl (C=O) groups excluding carboxylic acids is 3. The summed E-state index contributed by atoms with van der Waals surface area (Å²) in [6.07, 6.45) is 3.76. The zero-order chi connectivity index (χ0) is 26.5. The number of nitrogens with one attached hydrogen (secondary N) is 1. The Morgan fingerprint density at radius 2 is 2.08 bits per heavy atom. The third kappa shape index (κ3) is 5.55. The monoisotopic (exact) mass is 505 g/mol. The summed E-state index contributed by atoms with van der Waals surface area (Å²) < 4.78 is 15.7. The summed E-state index contributed by atoms with van der Waals surface area (Å²) in [6, 6.07) is 9.69. The van der Waals surface area contributed by atoms with E-state index in [9.17, 15) is 18.8 Å². The Balaban J connectivity index is 1.56. The summed E-state index contributed by atoms with van der Waals surface area (Å²) in [5, 5.41) is 7.49. The first-order valence-electron chi connectivity index (χ1n) is 11.8. The molecule has 0 aliphatic carbocycles. The first-order chi connectivity index (χ1) is 17.8. The number of nitrogens with zero attached hydrogens (tertiary/aromatic N) is 5. The van der Waals surface area contributed by atoms with Crippen LogP contribution in [0.4, 0.5) is 4.39 Å². The van der Waals surface area contributed by atoms with Gasteiger partial charge in [-0.2, -0.15) is 5.10 Å². The van der Waals surface area contributed by atoms with Crippen molar-refractivity contribution in [2.24, 2.45) is 10.7 Å². The highest BCUT2D eigenvalue weighted by molar-refractivity contribution is 6.12. The van der Waals surface area contributed by atoms with Crippen molar-refractivity contribution in [3.05, 3.63) is 65.6 Å². The molecule has 1 aliphatic rings. The summed E-state index contributed by atoms with van der Waals surface area (Å²) in [5.74, 6) is -1.69. The molecule has 2 atom stereocenters. The number of rotatable bonds is 8. The molecule has 1 aromatic carbocycles. The molecule has 1 aliphatic heterocycles. The zero-order valence-electron chi connectivity index (χ0n) is 20.6. The van der Waals surface area contributed by atoms with Crippen LogP contribution in [0.25, 0.3) is 16.5 Å². The fourth-order valence-electron chi connectivity index (χ4n) is 4.44. The maximum absolute atomic E-state index is 14.3. The number of pyridine rings is 1. The molecule has 10 nitrogen and oxygen atoms in total. The molecular formula is C26H28FN7O3. The molecule has 3 heterocycles. The number of likely N-dealkylation sites (tertiary alicyclic amines) is 1. The van der Waals surface area contributed by atoms with Gasteiger partial charge in [-0.3, -0.25) is 29.0 Å². The highest BCUT2D eigenvalue weighted by atomic mass is 19.1. The van der Waals surface area contributed by atoms with E-state index in [0.717, 1.165) is 11.1 Å². The Hall–Kier alpha value is -4.41. The van der Waals surface area contributed by atoms with Gasteiger partial charge >= 0.3 is 0 Å². The molecule has 0 radical (unpaired) electrons. The normalized spacial score (nSPS) is 18.0. The van der Waals surface area contributed by atoms with Crippen LogP contribution in [-0.4, -0.2) is 69.4 Å². The van der Waals surface area contributed by atoms with Crippen LogP contribution in [0.1, 0.15) is 35.1 Å². The molecule has 3 amide bonds. The highest BCUT2D eigenvalue weighted by Crippen LogP contribution is 2.25. The van der Waals surface area contributed by atoms with Gasteiger partial charge in [0.25, 0.3) is 5.91 Å². The van der Waals surface area contributed by atoms with Crippen LogP contribution >= 0.6 is 0 Å². The van der Waals surface area contributed by atoms with E-state index in [0.29, 0.717) is 16.6 Å². The number of alkyl halides is 1. The smallest absolute Gasteiger partial charge is 0.269 e. The summed E-state index contributed by atoms with van der Waals surface area (Å²) in [4.78, 5) is 47.6. The van der Waals surface area contributed by atoms with Crippen LogP contribution in [0.3, 0.4) is 0 Å². The molecule has 3 aromatic rings. The van der Waals surface area contributed by atoms with Gasteiger partial charge in [-0.15, -0.1) is 0 Å². The standard InChI is InChI=1S/C26H28FN7O3/c1-3-16(12-29-2)17-7-8-21-20(10-17)24(25(28)36)32-34(21)15-23(35)33-14-18(27)11-22(33)26(37)31-13-19-6-4-5-9-30-19/h3-10,12,18,22H,11,13-15H2,1-2H3,(H2,28,36)(H,31,37)/b16-3+,29-12-/t18-,22+/m1/s1. The van der Waals surface area contributed by atoms with Crippen LogP contribution in [0.15, 0.2) is 53.7 Å². The molecule has 0 spiro atoms. The van der Waals surface area contributed by atoms with Gasteiger partial charge in [-0.25, -0.2) is 4.39 Å². The van der Waals surface area contributed by atoms with Crippen molar-refractivity contribution in [3.8, 4) is 0 Å². The zero-order valence-corrected chi connectivity index (χ0v) is 20.6. The highest BCUT2D eigenvalue weighted by Gasteiger charge is 2.40. The van der Waals surface area contributed by atoms with E-state index in [4.69, 9.17) is 5.73 Å². The predicted molar refractivity (Wildman–Crippen MR) is 137 cm³/mol. The Kier molecular flexibility index (Phi) is 7.71. The second-order valence-electron chi connectivity index (χ2n) is 8.67. The van der Waals surface area contributed by atoms with Gasteiger partial charge in [0.05, 0.1) is 24.3 Å². The first-order valence-corrected chi connectivity index (χ1v) is 11.8. The minimum Gasteiger partial charge on any atom is -0.364 e. The van der Waals surface area contributed by atoms with E-state index in [1.807, 2.05) is 19.1 Å². The van der Waals surface area contributed by atoms with E-state index in [1.54, 1.807) is 49.8 Å². The second-order valence-corrected chi connectivity index (χ2v) is 8.67. The van der Waals surface area contributed by atoms with Crippen LogP contribution in [0, 0.1) is 0 Å². The number of fused-ring (bicyclic) bond motifs is 1. The van der Waals surface area contributed by atoms with Crippen LogP contribution in [-0.2, 0) is 22.7 Å². The van der Waals surface area contributed by atoms with Crippen LogP contribution < -0.4 is 11.1 Å². The lowest BCUT2D eigenvalue weighted by Crippen LogP contribution is -2.46. The number of carbonyl (C=O) groups is 3. The Morgan fingerprint density at radius 1 is 1.27 bits per heavy atom. The number of halogens is 1. The van der Waals surface area contributed by atoms with Gasteiger partial charge < -0.3 is 16.0 Å². The molecule has 0 unspecified atom stereocenters. The lowest BCUT2D eigenvalue weighted by Gasteiger charge is -2.23. The van der Waals surface area contributed by atoms with Gasteiger partial charge in [0.15, 0.2) is 5.69 Å². The summed E-state index contributed by atoms with van der Waals surface area (Å²) >= 11 is 0. The molecule has 37 heavy (non-hydrogen) atoms. The van der Waals surface area contributed by atoms with E-state index < -0.39 is 29.9 Å². The largest absolute Gasteiger partial charge is 0.364 e. The predicted octanol–water partition coefficient (Wildman–Crippen LogP) is 1.89. The molecular weight excluding hydrogens is 477 g/mol. The molecule has 0 bridgehead atoms. The number of aromatic nitrogens is 3. The molecule has 192 valence electrons. The first kappa shape index (κ1) is 25.7. The lowest BCUT2D eigenvalue weighted by molar-refractivity contribution is -0.139. The van der Waals surface area contributed by atoms with Crippen molar-refractivity contribution in [1.82, 2.24) is 25.0 Å². The average molecular weight is 506 g/mol. The number of primary amides is 1. The minimum absolute atomic E-state index is 0.0167. The Morgan fingerprint density at radius 3 is 2.76 bits per heavy atom. The molecule has 1 fully saturated rings. The van der Waals surface area contributed by atoms with Gasteiger partial charge in [-0.05, 0) is 42.3 Å². The molecule has 11 heteroatoms. The number of hydrogen-bond acceptors (Lipinski definition) is 6. The summed E-state index contributed by atoms with van der Waals surface area (Å²) in [6.45, 7) is 1.55. The maximum atomic E-state index is 14.3. The van der Waals surface area contributed by atoms with Crippen molar-refractivity contribution in [1.29, 1.82) is 0 Å². The molecule has 4 rings (SSSR count). The topological polar surface area (TPSA) is 136 Å². The fourth-order valence-corrected chi connectivity index (χ4v) is 4.44. The van der Waals surface area contributed by atoms with Gasteiger partial charge in [-0.1, -0.05) is 18.2 Å². The van der Waals surface area contributed by atoms with Crippen molar-refractivity contribution >= 4 is 40.4 Å². The van der Waals surface area contributed by atoms with Crippen LogP contribution in [0.2, 0.25) is 0 Å². The Bertz CT molecular complexity index is 1380. The third-order valence-electron chi connectivity index (χ3n) is 6.22. The second kappa shape index (κ2) is 11.1. The quantitative estimate of drug-likeness (QED) is 0.451. The number of hydrogen-bond donors (Lipinski definition) is 2. The van der Waals surface area contributed by atoms with Crippen LogP contribution in [0.5, 0.6) is 0 Å². The van der Waals surface area contributed by atoms with E-state index in [2.05, 4.69) is 20.4 Å².